The molecule has 0 aromatic heterocycles. The SMILES string of the molecule is CC(NC(=O)CC(=O)Nc1ccc(C(=N)N)cc1)c1ccc(Oc2ccccc2S(C)(=O)=O)c(Br)c1. The Balaban J connectivity index is 1.60. The molecule has 1 atom stereocenters. The van der Waals surface area contributed by atoms with Crippen molar-refractivity contribution in [2.45, 2.75) is 24.3 Å². The fraction of sp³-hybridized carbons (Fsp3) is 0.160. The van der Waals surface area contributed by atoms with Crippen molar-refractivity contribution in [3.05, 3.63) is 82.3 Å². The zero-order valence-electron chi connectivity index (χ0n) is 19.5. The van der Waals surface area contributed by atoms with E-state index in [9.17, 15) is 18.0 Å². The first-order chi connectivity index (χ1) is 16.9. The van der Waals surface area contributed by atoms with Crippen LogP contribution in [-0.4, -0.2) is 32.3 Å². The number of amides is 2. The molecule has 2 amide bonds. The number of halogens is 1. The van der Waals surface area contributed by atoms with Crippen LogP contribution in [0.15, 0.2) is 76.1 Å². The molecule has 11 heteroatoms. The summed E-state index contributed by atoms with van der Waals surface area (Å²) in [7, 11) is -3.47. The average molecular weight is 573 g/mol. The van der Waals surface area contributed by atoms with Gasteiger partial charge in [-0.15, -0.1) is 0 Å². The van der Waals surface area contributed by atoms with E-state index in [1.165, 1.54) is 6.07 Å². The number of ether oxygens (including phenoxy) is 1. The summed E-state index contributed by atoms with van der Waals surface area (Å²) >= 11 is 3.43. The number of hydrogen-bond acceptors (Lipinski definition) is 6. The molecule has 0 aliphatic heterocycles. The number of carbonyl (C=O) groups is 2. The Labute approximate surface area is 217 Å². The molecule has 0 saturated heterocycles. The highest BCUT2D eigenvalue weighted by Crippen LogP contribution is 2.34. The highest BCUT2D eigenvalue weighted by atomic mass is 79.9. The summed E-state index contributed by atoms with van der Waals surface area (Å²) in [5.41, 5.74) is 7.18. The molecule has 3 aromatic rings. The molecule has 0 bridgehead atoms. The van der Waals surface area contributed by atoms with Crippen LogP contribution in [0, 0.1) is 5.41 Å². The molecule has 36 heavy (non-hydrogen) atoms. The number of sulfone groups is 1. The van der Waals surface area contributed by atoms with Gasteiger partial charge in [-0.25, -0.2) is 8.42 Å². The normalized spacial score (nSPS) is 11.9. The predicted molar refractivity (Wildman–Crippen MR) is 141 cm³/mol. The summed E-state index contributed by atoms with van der Waals surface area (Å²) in [5.74, 6) is -0.407. The molecule has 9 nitrogen and oxygen atoms in total. The van der Waals surface area contributed by atoms with Gasteiger partial charge in [-0.2, -0.15) is 0 Å². The summed E-state index contributed by atoms with van der Waals surface area (Å²) in [6, 6.07) is 17.5. The lowest BCUT2D eigenvalue weighted by molar-refractivity contribution is -0.127. The van der Waals surface area contributed by atoms with Gasteiger partial charge in [0.2, 0.25) is 11.8 Å². The number of anilines is 1. The van der Waals surface area contributed by atoms with Gasteiger partial charge < -0.3 is 21.1 Å². The smallest absolute Gasteiger partial charge is 0.233 e. The van der Waals surface area contributed by atoms with Crippen LogP contribution in [0.2, 0.25) is 0 Å². The highest BCUT2D eigenvalue weighted by molar-refractivity contribution is 9.10. The zero-order valence-corrected chi connectivity index (χ0v) is 21.9. The van der Waals surface area contributed by atoms with Crippen molar-refractivity contribution in [3.63, 3.8) is 0 Å². The van der Waals surface area contributed by atoms with Crippen molar-refractivity contribution in [2.24, 2.45) is 5.73 Å². The topological polar surface area (TPSA) is 151 Å². The minimum absolute atomic E-state index is 0.0776. The van der Waals surface area contributed by atoms with Gasteiger partial charge in [-0.05, 0) is 76.9 Å². The van der Waals surface area contributed by atoms with Gasteiger partial charge in [0.15, 0.2) is 9.84 Å². The van der Waals surface area contributed by atoms with Crippen LogP contribution < -0.4 is 21.1 Å². The monoisotopic (exact) mass is 572 g/mol. The fourth-order valence-corrected chi connectivity index (χ4v) is 4.57. The van der Waals surface area contributed by atoms with E-state index in [-0.39, 0.29) is 22.9 Å². The molecule has 0 radical (unpaired) electrons. The molecule has 3 aromatic carbocycles. The Morgan fingerprint density at radius 3 is 2.31 bits per heavy atom. The van der Waals surface area contributed by atoms with Crippen molar-refractivity contribution in [1.82, 2.24) is 5.32 Å². The van der Waals surface area contributed by atoms with Gasteiger partial charge in [0.25, 0.3) is 0 Å². The third kappa shape index (κ3) is 7.15. The standard InChI is InChI=1S/C25H25BrN4O5S/c1-15(29-23(31)14-24(32)30-18-10-7-16(8-11-18)25(27)28)17-9-12-20(19(26)13-17)35-21-5-3-4-6-22(21)36(2,33)34/h3-13,15H,14H2,1-2H3,(H3,27,28)(H,29,31)(H,30,32). The second kappa shape index (κ2) is 11.4. The Hall–Kier alpha value is -3.70. The van der Waals surface area contributed by atoms with Crippen LogP contribution in [0.4, 0.5) is 5.69 Å². The first-order valence-corrected chi connectivity index (χ1v) is 13.4. The van der Waals surface area contributed by atoms with Crippen LogP contribution in [0.25, 0.3) is 0 Å². The van der Waals surface area contributed by atoms with E-state index < -0.39 is 27.7 Å². The largest absolute Gasteiger partial charge is 0.455 e. The second-order valence-corrected chi connectivity index (χ2v) is 10.9. The first kappa shape index (κ1) is 26.9. The summed E-state index contributed by atoms with van der Waals surface area (Å²) in [6.07, 6.45) is 0.742. The Kier molecular flexibility index (Phi) is 8.49. The van der Waals surface area contributed by atoms with E-state index in [2.05, 4.69) is 26.6 Å². The zero-order chi connectivity index (χ0) is 26.5. The molecule has 0 spiro atoms. The number of benzene rings is 3. The lowest BCUT2D eigenvalue weighted by Gasteiger charge is -2.17. The van der Waals surface area contributed by atoms with Crippen molar-refractivity contribution < 1.29 is 22.7 Å². The van der Waals surface area contributed by atoms with E-state index in [1.807, 2.05) is 0 Å². The summed E-state index contributed by atoms with van der Waals surface area (Å²) < 4.78 is 30.4. The lowest BCUT2D eigenvalue weighted by Crippen LogP contribution is -2.30. The second-order valence-electron chi connectivity index (χ2n) is 8.02. The summed E-state index contributed by atoms with van der Waals surface area (Å²) in [6.45, 7) is 1.78. The molecular formula is C25H25BrN4O5S. The summed E-state index contributed by atoms with van der Waals surface area (Å²) in [4.78, 5) is 24.7. The number of nitrogen functional groups attached to an aromatic ring is 1. The maximum atomic E-state index is 12.4. The quantitative estimate of drug-likeness (QED) is 0.172. The fourth-order valence-electron chi connectivity index (χ4n) is 3.29. The number of hydrogen-bond donors (Lipinski definition) is 4. The Bertz CT molecular complexity index is 1410. The molecular weight excluding hydrogens is 548 g/mol. The van der Waals surface area contributed by atoms with Gasteiger partial charge in [0.1, 0.15) is 28.7 Å². The average Bonchev–Trinajstić information content (AvgIpc) is 2.80. The van der Waals surface area contributed by atoms with Gasteiger partial charge in [-0.3, -0.25) is 15.0 Å². The van der Waals surface area contributed by atoms with Crippen LogP contribution >= 0.6 is 15.9 Å². The summed E-state index contributed by atoms with van der Waals surface area (Å²) in [5, 5.41) is 12.8. The van der Waals surface area contributed by atoms with Crippen molar-refractivity contribution in [3.8, 4) is 11.5 Å². The van der Waals surface area contributed by atoms with Crippen molar-refractivity contribution in [1.29, 1.82) is 5.41 Å². The molecule has 0 saturated carbocycles. The molecule has 188 valence electrons. The van der Waals surface area contributed by atoms with E-state index in [0.717, 1.165) is 11.8 Å². The predicted octanol–water partition coefficient (Wildman–Crippen LogP) is 4.13. The number of nitrogens with one attached hydrogen (secondary N) is 3. The number of nitrogens with two attached hydrogens (primary N) is 1. The minimum Gasteiger partial charge on any atom is -0.455 e. The van der Waals surface area contributed by atoms with Crippen LogP contribution in [0.3, 0.4) is 0 Å². The maximum absolute atomic E-state index is 12.4. The van der Waals surface area contributed by atoms with Crippen molar-refractivity contribution in [2.75, 3.05) is 11.6 Å². The van der Waals surface area contributed by atoms with Gasteiger partial charge >= 0.3 is 0 Å². The number of amidine groups is 1. The van der Waals surface area contributed by atoms with E-state index >= 15 is 0 Å². The van der Waals surface area contributed by atoms with Crippen LogP contribution in [0.1, 0.15) is 30.5 Å². The molecule has 5 N–H and O–H groups in total. The Morgan fingerprint density at radius 2 is 1.69 bits per heavy atom. The molecule has 0 aliphatic rings. The Morgan fingerprint density at radius 1 is 1.03 bits per heavy atom. The third-order valence-corrected chi connectivity index (χ3v) is 6.86. The van der Waals surface area contributed by atoms with Gasteiger partial charge in [0, 0.05) is 17.5 Å². The van der Waals surface area contributed by atoms with Gasteiger partial charge in [0.05, 0.1) is 10.5 Å². The molecule has 0 aliphatic carbocycles. The third-order valence-electron chi connectivity index (χ3n) is 5.10. The highest BCUT2D eigenvalue weighted by Gasteiger charge is 2.17. The molecule has 3 rings (SSSR count). The van der Waals surface area contributed by atoms with Crippen LogP contribution in [0.5, 0.6) is 11.5 Å². The van der Waals surface area contributed by atoms with Gasteiger partial charge in [-0.1, -0.05) is 18.2 Å². The molecule has 0 fully saturated rings. The number of rotatable bonds is 9. The van der Waals surface area contributed by atoms with E-state index in [0.29, 0.717) is 21.5 Å². The first-order valence-electron chi connectivity index (χ1n) is 10.7. The maximum Gasteiger partial charge on any atom is 0.233 e. The van der Waals surface area contributed by atoms with E-state index in [1.54, 1.807) is 67.6 Å². The molecule has 1 unspecified atom stereocenters. The molecule has 0 heterocycles. The van der Waals surface area contributed by atoms with Crippen molar-refractivity contribution >= 4 is 49.1 Å². The number of para-hydroxylation sites is 1. The minimum atomic E-state index is -3.47. The number of carbonyl (C=O) groups excluding carboxylic acids is 2. The van der Waals surface area contributed by atoms with E-state index in [4.69, 9.17) is 15.9 Å². The van der Waals surface area contributed by atoms with Crippen LogP contribution in [-0.2, 0) is 19.4 Å². The lowest BCUT2D eigenvalue weighted by atomic mass is 10.1.